The van der Waals surface area contributed by atoms with Crippen molar-refractivity contribution in [2.45, 2.75) is 26.4 Å². The van der Waals surface area contributed by atoms with Gasteiger partial charge in [-0.25, -0.2) is 4.98 Å². The van der Waals surface area contributed by atoms with Crippen LogP contribution in [0.15, 0.2) is 69.7 Å². The smallest absolute Gasteiger partial charge is 0.306 e. The van der Waals surface area contributed by atoms with Crippen LogP contribution in [0, 0.1) is 6.92 Å². The lowest BCUT2D eigenvalue weighted by atomic mass is 10.1. The molecule has 0 spiro atoms. The Bertz CT molecular complexity index is 1080. The lowest BCUT2D eigenvalue weighted by Crippen LogP contribution is -2.06. The molecule has 0 aliphatic carbocycles. The highest BCUT2D eigenvalue weighted by Gasteiger charge is 2.13. The maximum absolute atomic E-state index is 12.0. The van der Waals surface area contributed by atoms with Gasteiger partial charge in [0.2, 0.25) is 5.82 Å². The molecule has 2 heterocycles. The Morgan fingerprint density at radius 2 is 1.79 bits per heavy atom. The molecule has 0 unspecified atom stereocenters. The maximum atomic E-state index is 12.0. The van der Waals surface area contributed by atoms with Crippen molar-refractivity contribution in [3.8, 4) is 22.7 Å². The lowest BCUT2D eigenvalue weighted by Gasteiger charge is -2.00. The number of carbonyl (C=O) groups excluding carboxylic acids is 1. The summed E-state index contributed by atoms with van der Waals surface area (Å²) in [7, 11) is 0. The van der Waals surface area contributed by atoms with Crippen molar-refractivity contribution in [1.29, 1.82) is 0 Å². The van der Waals surface area contributed by atoms with E-state index in [1.54, 1.807) is 6.20 Å². The molecule has 0 bridgehead atoms. The average molecular weight is 389 g/mol. The largest absolute Gasteiger partial charge is 0.456 e. The molecule has 0 radical (unpaired) electrons. The minimum absolute atomic E-state index is 0.0706. The van der Waals surface area contributed by atoms with E-state index in [4.69, 9.17) is 13.7 Å². The molecule has 0 amide bonds. The van der Waals surface area contributed by atoms with Gasteiger partial charge in [0.1, 0.15) is 0 Å². The fraction of sp³-hybridized carbons (Fsp3) is 0.182. The number of ether oxygens (including phenoxy) is 1. The molecule has 146 valence electrons. The first kappa shape index (κ1) is 18.6. The van der Waals surface area contributed by atoms with E-state index >= 15 is 0 Å². The number of hydrogen-bond donors (Lipinski definition) is 0. The molecule has 0 aliphatic heterocycles. The van der Waals surface area contributed by atoms with E-state index in [2.05, 4.69) is 15.1 Å². The highest BCUT2D eigenvalue weighted by Crippen LogP contribution is 2.21. The molecule has 29 heavy (non-hydrogen) atoms. The molecule has 0 N–H and O–H groups in total. The van der Waals surface area contributed by atoms with Gasteiger partial charge in [-0.1, -0.05) is 65.3 Å². The quantitative estimate of drug-likeness (QED) is 0.433. The van der Waals surface area contributed by atoms with Gasteiger partial charge in [-0.05, 0) is 6.92 Å². The summed E-state index contributed by atoms with van der Waals surface area (Å²) in [5, 5.41) is 3.89. The first-order valence-corrected chi connectivity index (χ1v) is 9.23. The summed E-state index contributed by atoms with van der Waals surface area (Å²) in [6.45, 7) is 1.96. The third kappa shape index (κ3) is 4.76. The monoisotopic (exact) mass is 389 g/mol. The first-order chi connectivity index (χ1) is 14.2. The highest BCUT2D eigenvalue weighted by molar-refractivity contribution is 5.69. The number of aryl methyl sites for hydroxylation is 2. The predicted molar refractivity (Wildman–Crippen MR) is 105 cm³/mol. The van der Waals surface area contributed by atoms with Crippen LogP contribution in [0.4, 0.5) is 0 Å². The van der Waals surface area contributed by atoms with Crippen LogP contribution in [-0.4, -0.2) is 21.1 Å². The Morgan fingerprint density at radius 3 is 2.59 bits per heavy atom. The van der Waals surface area contributed by atoms with E-state index in [1.807, 2.05) is 61.5 Å². The molecular formula is C22H19N3O4. The van der Waals surface area contributed by atoms with Crippen LogP contribution in [0.25, 0.3) is 22.7 Å². The molecule has 4 aromatic rings. The molecule has 0 saturated heterocycles. The number of hydrogen-bond acceptors (Lipinski definition) is 7. The minimum atomic E-state index is -0.389. The second-order valence-electron chi connectivity index (χ2n) is 6.52. The second kappa shape index (κ2) is 8.52. The molecule has 0 fully saturated rings. The SMILES string of the molecule is Cc1ccc(-c2cnc(CCC(=O)OCc3nc(-c4ccccc4)no3)o2)cc1. The Balaban J connectivity index is 1.27. The Labute approximate surface area is 167 Å². The summed E-state index contributed by atoms with van der Waals surface area (Å²) in [5.74, 6) is 1.48. The van der Waals surface area contributed by atoms with Crippen LogP contribution in [-0.2, 0) is 22.6 Å². The van der Waals surface area contributed by atoms with Gasteiger partial charge in [-0.15, -0.1) is 0 Å². The summed E-state index contributed by atoms with van der Waals surface area (Å²) in [6, 6.07) is 17.4. The van der Waals surface area contributed by atoms with E-state index in [0.29, 0.717) is 23.9 Å². The van der Waals surface area contributed by atoms with Crippen molar-refractivity contribution in [3.05, 3.63) is 78.1 Å². The number of oxazole rings is 1. The highest BCUT2D eigenvalue weighted by atomic mass is 16.6. The number of rotatable bonds is 7. The van der Waals surface area contributed by atoms with Gasteiger partial charge in [0, 0.05) is 17.5 Å². The molecule has 7 heteroatoms. The van der Waals surface area contributed by atoms with E-state index in [9.17, 15) is 4.79 Å². The number of nitrogens with zero attached hydrogens (tertiary/aromatic N) is 3. The zero-order chi connectivity index (χ0) is 20.1. The first-order valence-electron chi connectivity index (χ1n) is 9.23. The Morgan fingerprint density at radius 1 is 1.00 bits per heavy atom. The summed E-state index contributed by atoms with van der Waals surface area (Å²) in [4.78, 5) is 20.5. The molecule has 7 nitrogen and oxygen atoms in total. The molecule has 0 atom stereocenters. The van der Waals surface area contributed by atoms with Crippen LogP contribution in [0.2, 0.25) is 0 Å². The number of esters is 1. The molecule has 2 aromatic heterocycles. The van der Waals surface area contributed by atoms with E-state index in [1.165, 1.54) is 5.56 Å². The standard InChI is InChI=1S/C22H19N3O4/c1-15-7-9-16(10-8-15)18-13-23-19(28-18)11-12-21(26)27-14-20-24-22(25-29-20)17-5-3-2-4-6-17/h2-10,13H,11-12,14H2,1H3. The van der Waals surface area contributed by atoms with Crippen molar-refractivity contribution in [2.24, 2.45) is 0 Å². The number of aromatic nitrogens is 3. The molecule has 2 aromatic carbocycles. The molecule has 0 aliphatic rings. The van der Waals surface area contributed by atoms with Gasteiger partial charge in [0.25, 0.3) is 5.89 Å². The van der Waals surface area contributed by atoms with Crippen LogP contribution in [0.5, 0.6) is 0 Å². The molecular weight excluding hydrogens is 370 g/mol. The van der Waals surface area contributed by atoms with E-state index < -0.39 is 0 Å². The number of carbonyl (C=O) groups is 1. The van der Waals surface area contributed by atoms with E-state index in [-0.39, 0.29) is 24.9 Å². The zero-order valence-electron chi connectivity index (χ0n) is 15.9. The topological polar surface area (TPSA) is 91.2 Å². The summed E-state index contributed by atoms with van der Waals surface area (Å²) in [6.07, 6.45) is 2.16. The lowest BCUT2D eigenvalue weighted by molar-refractivity contribution is -0.145. The number of benzene rings is 2. The maximum Gasteiger partial charge on any atom is 0.306 e. The third-order valence-electron chi connectivity index (χ3n) is 4.29. The van der Waals surface area contributed by atoms with E-state index in [0.717, 1.165) is 11.1 Å². The van der Waals surface area contributed by atoms with Crippen molar-refractivity contribution < 1.29 is 18.5 Å². The van der Waals surface area contributed by atoms with Crippen molar-refractivity contribution >= 4 is 5.97 Å². The fourth-order valence-electron chi connectivity index (χ4n) is 2.72. The van der Waals surface area contributed by atoms with Crippen molar-refractivity contribution in [3.63, 3.8) is 0 Å². The Kier molecular flexibility index (Phi) is 5.47. The summed E-state index contributed by atoms with van der Waals surface area (Å²) < 4.78 is 16.0. The van der Waals surface area contributed by atoms with Crippen molar-refractivity contribution in [1.82, 2.24) is 15.1 Å². The average Bonchev–Trinajstić information content (AvgIpc) is 3.42. The second-order valence-corrected chi connectivity index (χ2v) is 6.52. The fourth-order valence-corrected chi connectivity index (χ4v) is 2.72. The van der Waals surface area contributed by atoms with Crippen LogP contribution in [0.3, 0.4) is 0 Å². The van der Waals surface area contributed by atoms with Gasteiger partial charge >= 0.3 is 5.97 Å². The Hall–Kier alpha value is -3.74. The normalized spacial score (nSPS) is 10.8. The van der Waals surface area contributed by atoms with Gasteiger partial charge in [0.05, 0.1) is 12.6 Å². The van der Waals surface area contributed by atoms with Gasteiger partial charge in [0.15, 0.2) is 18.3 Å². The van der Waals surface area contributed by atoms with Crippen LogP contribution in [0.1, 0.15) is 23.8 Å². The summed E-state index contributed by atoms with van der Waals surface area (Å²) in [5.41, 5.74) is 2.96. The molecule has 0 saturated carbocycles. The van der Waals surface area contributed by atoms with Gasteiger partial charge in [-0.3, -0.25) is 4.79 Å². The van der Waals surface area contributed by atoms with Gasteiger partial charge < -0.3 is 13.7 Å². The minimum Gasteiger partial charge on any atom is -0.456 e. The van der Waals surface area contributed by atoms with Crippen molar-refractivity contribution in [2.75, 3.05) is 0 Å². The van der Waals surface area contributed by atoms with Crippen LogP contribution < -0.4 is 0 Å². The van der Waals surface area contributed by atoms with Gasteiger partial charge in [-0.2, -0.15) is 4.98 Å². The summed E-state index contributed by atoms with van der Waals surface area (Å²) >= 11 is 0. The zero-order valence-corrected chi connectivity index (χ0v) is 15.9. The predicted octanol–water partition coefficient (Wildman–Crippen LogP) is 4.38. The molecule has 4 rings (SSSR count). The van der Waals surface area contributed by atoms with Crippen LogP contribution >= 0.6 is 0 Å². The third-order valence-corrected chi connectivity index (χ3v) is 4.29.